The number of rotatable bonds is 3. The van der Waals surface area contributed by atoms with Gasteiger partial charge in [0.15, 0.2) is 0 Å². The molecule has 1 heterocycles. The number of amides is 2. The summed E-state index contributed by atoms with van der Waals surface area (Å²) < 4.78 is 0.665. The third-order valence-corrected chi connectivity index (χ3v) is 3.63. The zero-order valence-corrected chi connectivity index (χ0v) is 12.2. The molecule has 1 saturated heterocycles. The summed E-state index contributed by atoms with van der Waals surface area (Å²) in [6.45, 7) is 0. The number of carbonyl (C=O) groups excluding carboxylic acids is 2. The molecule has 2 amide bonds. The number of anilines is 1. The van der Waals surface area contributed by atoms with Gasteiger partial charge in [-0.3, -0.25) is 24.6 Å². The van der Waals surface area contributed by atoms with Gasteiger partial charge in [-0.1, -0.05) is 15.9 Å². The van der Waals surface area contributed by atoms with Crippen molar-refractivity contribution in [3.05, 3.63) is 32.8 Å². The van der Waals surface area contributed by atoms with Crippen LogP contribution in [0.1, 0.15) is 12.8 Å². The van der Waals surface area contributed by atoms with Gasteiger partial charge in [-0.25, -0.2) is 0 Å². The number of hydrogen-bond donors (Lipinski definition) is 1. The minimum Gasteiger partial charge on any atom is -0.368 e. The van der Waals surface area contributed by atoms with Crippen LogP contribution in [0.15, 0.2) is 22.7 Å². The van der Waals surface area contributed by atoms with Gasteiger partial charge in [-0.15, -0.1) is 0 Å². The summed E-state index contributed by atoms with van der Waals surface area (Å²) in [4.78, 5) is 34.9. The van der Waals surface area contributed by atoms with E-state index in [-0.39, 0.29) is 29.6 Å². The van der Waals surface area contributed by atoms with Crippen LogP contribution in [-0.4, -0.2) is 34.7 Å². The van der Waals surface area contributed by atoms with E-state index < -0.39 is 11.0 Å². The first kappa shape index (κ1) is 14.4. The molecule has 0 aliphatic carbocycles. The van der Waals surface area contributed by atoms with Gasteiger partial charge in [-0.2, -0.15) is 0 Å². The molecule has 106 valence electrons. The van der Waals surface area contributed by atoms with Gasteiger partial charge < -0.3 is 5.32 Å². The highest BCUT2D eigenvalue weighted by Gasteiger charge is 2.32. The molecule has 20 heavy (non-hydrogen) atoms. The summed E-state index contributed by atoms with van der Waals surface area (Å²) in [5.74, 6) is -0.618. The number of nitrogens with zero attached hydrogens (tertiary/aromatic N) is 2. The lowest BCUT2D eigenvalue weighted by atomic mass is 10.0. The Morgan fingerprint density at radius 2 is 2.15 bits per heavy atom. The molecule has 1 atom stereocenters. The number of benzene rings is 1. The van der Waals surface area contributed by atoms with Crippen molar-refractivity contribution in [3.63, 3.8) is 0 Å². The van der Waals surface area contributed by atoms with Gasteiger partial charge in [-0.05, 0) is 18.6 Å². The number of nitro benzene ring substituents is 1. The average Bonchev–Trinajstić information content (AvgIpc) is 2.39. The van der Waals surface area contributed by atoms with E-state index in [0.717, 1.165) is 4.90 Å². The summed E-state index contributed by atoms with van der Waals surface area (Å²) in [6, 6.07) is 3.82. The van der Waals surface area contributed by atoms with Crippen molar-refractivity contribution in [2.45, 2.75) is 18.9 Å². The largest absolute Gasteiger partial charge is 0.368 e. The molecule has 0 bridgehead atoms. The quantitative estimate of drug-likeness (QED) is 0.515. The molecule has 1 aromatic rings. The Labute approximate surface area is 123 Å². The van der Waals surface area contributed by atoms with Crippen LogP contribution in [0.4, 0.5) is 11.4 Å². The molecule has 1 unspecified atom stereocenters. The zero-order chi connectivity index (χ0) is 14.9. The molecule has 1 fully saturated rings. The first-order chi connectivity index (χ1) is 9.40. The second kappa shape index (κ2) is 5.58. The molecule has 1 aliphatic rings. The maximum Gasteiger partial charge on any atom is 0.292 e. The van der Waals surface area contributed by atoms with Crippen LogP contribution in [0.5, 0.6) is 0 Å². The Bertz CT molecular complexity index is 590. The van der Waals surface area contributed by atoms with Gasteiger partial charge in [0, 0.05) is 24.0 Å². The van der Waals surface area contributed by atoms with Crippen molar-refractivity contribution in [1.29, 1.82) is 0 Å². The first-order valence-corrected chi connectivity index (χ1v) is 6.70. The lowest BCUT2D eigenvalue weighted by molar-refractivity contribution is -0.384. The predicted octanol–water partition coefficient (Wildman–Crippen LogP) is 1.92. The van der Waals surface area contributed by atoms with Crippen molar-refractivity contribution in [1.82, 2.24) is 4.90 Å². The topological polar surface area (TPSA) is 92.6 Å². The predicted molar refractivity (Wildman–Crippen MR) is 75.2 cm³/mol. The fourth-order valence-corrected chi connectivity index (χ4v) is 2.38. The van der Waals surface area contributed by atoms with E-state index in [2.05, 4.69) is 21.2 Å². The Kier molecular flexibility index (Phi) is 4.03. The standard InChI is InChI=1S/C12H12BrN3O4/c1-15-11(17)5-3-8(12(15)18)14-9-6-7(13)2-4-10(9)16(19)20/h2,4,6,8,14H,3,5H2,1H3. The fourth-order valence-electron chi connectivity index (χ4n) is 2.02. The number of imide groups is 1. The maximum absolute atomic E-state index is 12.0. The minimum atomic E-state index is -0.634. The number of hydrogen-bond acceptors (Lipinski definition) is 5. The van der Waals surface area contributed by atoms with E-state index >= 15 is 0 Å². The SMILES string of the molecule is CN1C(=O)CCC(Nc2cc(Br)ccc2[N+](=O)[O-])C1=O. The van der Waals surface area contributed by atoms with Crippen LogP contribution in [0.3, 0.4) is 0 Å². The normalized spacial score (nSPS) is 19.1. The third kappa shape index (κ3) is 2.79. The number of piperidine rings is 1. The van der Waals surface area contributed by atoms with Crippen molar-refractivity contribution in [3.8, 4) is 0 Å². The summed E-state index contributed by atoms with van der Waals surface area (Å²) in [7, 11) is 1.41. The summed E-state index contributed by atoms with van der Waals surface area (Å²) in [5.41, 5.74) is 0.144. The molecule has 2 rings (SSSR count). The Balaban J connectivity index is 2.26. The minimum absolute atomic E-state index is 0.111. The smallest absolute Gasteiger partial charge is 0.292 e. The number of halogens is 1. The first-order valence-electron chi connectivity index (χ1n) is 5.91. The Hall–Kier alpha value is -1.96. The van der Waals surface area contributed by atoms with E-state index in [1.165, 1.54) is 13.1 Å². The van der Waals surface area contributed by atoms with E-state index in [1.54, 1.807) is 12.1 Å². The molecular formula is C12H12BrN3O4. The molecule has 1 N–H and O–H groups in total. The monoisotopic (exact) mass is 341 g/mol. The number of likely N-dealkylation sites (N-methyl/N-ethyl adjacent to an activating group) is 1. The molecule has 8 heteroatoms. The number of nitrogens with one attached hydrogen (secondary N) is 1. The van der Waals surface area contributed by atoms with Crippen LogP contribution < -0.4 is 5.32 Å². The van der Waals surface area contributed by atoms with Gasteiger partial charge in [0.2, 0.25) is 5.91 Å². The van der Waals surface area contributed by atoms with Crippen molar-refractivity contribution in [2.75, 3.05) is 12.4 Å². The molecule has 0 aromatic heterocycles. The Morgan fingerprint density at radius 1 is 1.45 bits per heavy atom. The second-order valence-corrected chi connectivity index (χ2v) is 5.36. The lowest BCUT2D eigenvalue weighted by Crippen LogP contribution is -2.48. The van der Waals surface area contributed by atoms with Crippen LogP contribution in [0.25, 0.3) is 0 Å². The van der Waals surface area contributed by atoms with Crippen molar-refractivity contribution < 1.29 is 14.5 Å². The highest BCUT2D eigenvalue weighted by atomic mass is 79.9. The molecule has 1 aromatic carbocycles. The molecule has 0 spiro atoms. The van der Waals surface area contributed by atoms with E-state index in [1.807, 2.05) is 0 Å². The second-order valence-electron chi connectivity index (χ2n) is 4.45. The number of nitro groups is 1. The van der Waals surface area contributed by atoms with Crippen LogP contribution in [0.2, 0.25) is 0 Å². The Morgan fingerprint density at radius 3 is 2.80 bits per heavy atom. The molecule has 7 nitrogen and oxygen atoms in total. The molecular weight excluding hydrogens is 330 g/mol. The van der Waals surface area contributed by atoms with Gasteiger partial charge in [0.1, 0.15) is 11.7 Å². The summed E-state index contributed by atoms with van der Waals surface area (Å²) in [6.07, 6.45) is 0.563. The van der Waals surface area contributed by atoms with Crippen LogP contribution in [-0.2, 0) is 9.59 Å². The van der Waals surface area contributed by atoms with Crippen molar-refractivity contribution in [2.24, 2.45) is 0 Å². The average molecular weight is 342 g/mol. The van der Waals surface area contributed by atoms with Gasteiger partial charge in [0.05, 0.1) is 4.92 Å². The maximum atomic E-state index is 12.0. The van der Waals surface area contributed by atoms with Crippen LogP contribution >= 0.6 is 15.9 Å². The van der Waals surface area contributed by atoms with E-state index in [4.69, 9.17) is 0 Å². The van der Waals surface area contributed by atoms with E-state index in [0.29, 0.717) is 10.9 Å². The summed E-state index contributed by atoms with van der Waals surface area (Å²) >= 11 is 3.23. The zero-order valence-electron chi connectivity index (χ0n) is 10.6. The van der Waals surface area contributed by atoms with Crippen molar-refractivity contribution >= 4 is 39.1 Å². The van der Waals surface area contributed by atoms with Crippen LogP contribution in [0, 0.1) is 10.1 Å². The third-order valence-electron chi connectivity index (χ3n) is 3.13. The molecule has 1 aliphatic heterocycles. The fraction of sp³-hybridized carbons (Fsp3) is 0.333. The molecule has 0 saturated carbocycles. The van der Waals surface area contributed by atoms with Gasteiger partial charge >= 0.3 is 0 Å². The van der Waals surface area contributed by atoms with Gasteiger partial charge in [0.25, 0.3) is 11.6 Å². The van der Waals surface area contributed by atoms with E-state index in [9.17, 15) is 19.7 Å². The summed E-state index contributed by atoms with van der Waals surface area (Å²) in [5, 5.41) is 13.8. The highest BCUT2D eigenvalue weighted by Crippen LogP contribution is 2.29. The highest BCUT2D eigenvalue weighted by molar-refractivity contribution is 9.10. The number of carbonyl (C=O) groups is 2. The number of likely N-dealkylation sites (tertiary alicyclic amines) is 1. The lowest BCUT2D eigenvalue weighted by Gasteiger charge is -2.28. The molecule has 0 radical (unpaired) electrons.